The van der Waals surface area contributed by atoms with Crippen molar-refractivity contribution in [1.82, 2.24) is 4.98 Å². The smallest absolute Gasteiger partial charge is 0.396 e. The number of hydrogen-bond donors (Lipinski definition) is 1. The second-order valence-electron chi connectivity index (χ2n) is 4.76. The lowest BCUT2D eigenvalue weighted by molar-refractivity contribution is -0.137. The third-order valence-electron chi connectivity index (χ3n) is 3.46. The summed E-state index contributed by atoms with van der Waals surface area (Å²) in [5, 5.41) is 9.04. The van der Waals surface area contributed by atoms with Gasteiger partial charge in [-0.2, -0.15) is 13.2 Å². The molecule has 0 bridgehead atoms. The highest BCUT2D eigenvalue weighted by Crippen LogP contribution is 2.31. The zero-order valence-corrected chi connectivity index (χ0v) is 10.5. The first-order valence-corrected chi connectivity index (χ1v) is 6.43. The Bertz CT molecular complexity index is 403. The molecule has 106 valence electrons. The number of aromatic nitrogens is 1. The van der Waals surface area contributed by atoms with Gasteiger partial charge in [-0.25, -0.2) is 4.98 Å². The Hall–Kier alpha value is -1.30. The summed E-state index contributed by atoms with van der Waals surface area (Å²) in [6.07, 6.45) is 0.191. The van der Waals surface area contributed by atoms with Crippen LogP contribution in [0, 0.1) is 0 Å². The van der Waals surface area contributed by atoms with E-state index in [1.54, 1.807) is 0 Å². The van der Waals surface area contributed by atoms with Crippen molar-refractivity contribution in [2.75, 3.05) is 18.1 Å². The van der Waals surface area contributed by atoms with Gasteiger partial charge in [0.25, 0.3) is 0 Å². The molecule has 0 radical (unpaired) electrons. The standard InChI is InChI=1S/C13H17F3N2O/c14-13(15,16)10-4-5-12(17-9-10)18-7-2-1-3-11(18)6-8-19/h4-5,9,11,19H,1-3,6-8H2. The molecule has 1 atom stereocenters. The van der Waals surface area contributed by atoms with Crippen molar-refractivity contribution < 1.29 is 18.3 Å². The molecule has 19 heavy (non-hydrogen) atoms. The van der Waals surface area contributed by atoms with E-state index in [9.17, 15) is 13.2 Å². The van der Waals surface area contributed by atoms with Crippen LogP contribution in [-0.4, -0.2) is 29.3 Å². The normalized spacial score (nSPS) is 20.6. The van der Waals surface area contributed by atoms with Gasteiger partial charge in [0.05, 0.1) is 5.56 Å². The summed E-state index contributed by atoms with van der Waals surface area (Å²) in [5.74, 6) is 0.561. The number of rotatable bonds is 3. The van der Waals surface area contributed by atoms with E-state index >= 15 is 0 Å². The van der Waals surface area contributed by atoms with Gasteiger partial charge in [0.1, 0.15) is 5.82 Å². The summed E-state index contributed by atoms with van der Waals surface area (Å²) in [5.41, 5.74) is -0.730. The van der Waals surface area contributed by atoms with Crippen LogP contribution in [0.2, 0.25) is 0 Å². The highest BCUT2D eigenvalue weighted by molar-refractivity contribution is 5.41. The number of halogens is 3. The van der Waals surface area contributed by atoms with Crippen LogP contribution < -0.4 is 4.90 Å². The number of piperidine rings is 1. The van der Waals surface area contributed by atoms with Gasteiger partial charge in [0.2, 0.25) is 0 Å². The van der Waals surface area contributed by atoms with E-state index in [0.717, 1.165) is 38.1 Å². The minimum Gasteiger partial charge on any atom is -0.396 e. The molecule has 0 amide bonds. The maximum absolute atomic E-state index is 12.5. The van der Waals surface area contributed by atoms with E-state index < -0.39 is 11.7 Å². The van der Waals surface area contributed by atoms with Crippen molar-refractivity contribution >= 4 is 5.82 Å². The van der Waals surface area contributed by atoms with E-state index in [2.05, 4.69) is 4.98 Å². The predicted molar refractivity (Wildman–Crippen MR) is 65.9 cm³/mol. The topological polar surface area (TPSA) is 36.4 Å². The molecule has 2 heterocycles. The summed E-state index contributed by atoms with van der Waals surface area (Å²) in [7, 11) is 0. The quantitative estimate of drug-likeness (QED) is 0.920. The maximum Gasteiger partial charge on any atom is 0.417 e. The fourth-order valence-corrected chi connectivity index (χ4v) is 2.47. The van der Waals surface area contributed by atoms with E-state index in [4.69, 9.17) is 5.11 Å². The Kier molecular flexibility index (Phi) is 4.29. The summed E-state index contributed by atoms with van der Waals surface area (Å²) in [6.45, 7) is 0.866. The van der Waals surface area contributed by atoms with E-state index in [0.29, 0.717) is 12.2 Å². The zero-order chi connectivity index (χ0) is 13.9. The predicted octanol–water partition coefficient (Wildman–Crippen LogP) is 2.84. The van der Waals surface area contributed by atoms with Crippen molar-refractivity contribution in [3.05, 3.63) is 23.9 Å². The molecule has 0 saturated carbocycles. The van der Waals surface area contributed by atoms with Gasteiger partial charge in [-0.1, -0.05) is 0 Å². The molecule has 1 aromatic rings. The minimum atomic E-state index is -4.35. The molecule has 1 unspecified atom stereocenters. The fourth-order valence-electron chi connectivity index (χ4n) is 2.47. The van der Waals surface area contributed by atoms with Crippen molar-refractivity contribution in [2.45, 2.75) is 37.9 Å². The second-order valence-corrected chi connectivity index (χ2v) is 4.76. The van der Waals surface area contributed by atoms with E-state index in [1.807, 2.05) is 4.90 Å². The highest BCUT2D eigenvalue weighted by atomic mass is 19.4. The van der Waals surface area contributed by atoms with Crippen LogP contribution in [0.4, 0.5) is 19.0 Å². The first-order chi connectivity index (χ1) is 9.02. The summed E-state index contributed by atoms with van der Waals surface area (Å²) in [4.78, 5) is 5.93. The first-order valence-electron chi connectivity index (χ1n) is 6.43. The number of anilines is 1. The number of pyridine rings is 1. The number of alkyl halides is 3. The van der Waals surface area contributed by atoms with Crippen molar-refractivity contribution in [3.63, 3.8) is 0 Å². The number of hydrogen-bond acceptors (Lipinski definition) is 3. The van der Waals surface area contributed by atoms with Crippen molar-refractivity contribution in [2.24, 2.45) is 0 Å². The third-order valence-corrected chi connectivity index (χ3v) is 3.46. The molecule has 1 fully saturated rings. The van der Waals surface area contributed by atoms with E-state index in [1.165, 1.54) is 6.07 Å². The molecule has 0 aromatic carbocycles. The minimum absolute atomic E-state index is 0.0851. The van der Waals surface area contributed by atoms with Crippen LogP contribution in [0.25, 0.3) is 0 Å². The molecule has 1 saturated heterocycles. The van der Waals surface area contributed by atoms with Crippen LogP contribution in [0.5, 0.6) is 0 Å². The SMILES string of the molecule is OCCC1CCCCN1c1ccc(C(F)(F)F)cn1. The Balaban J connectivity index is 2.15. The fraction of sp³-hybridized carbons (Fsp3) is 0.615. The summed E-state index contributed by atoms with van der Waals surface area (Å²) in [6, 6.07) is 2.65. The lowest BCUT2D eigenvalue weighted by atomic mass is 9.99. The van der Waals surface area contributed by atoms with Crippen molar-refractivity contribution in [3.8, 4) is 0 Å². The number of aliphatic hydroxyl groups excluding tert-OH is 1. The summed E-state index contributed by atoms with van der Waals surface area (Å²) >= 11 is 0. The molecule has 0 aliphatic carbocycles. The Morgan fingerprint density at radius 2 is 2.11 bits per heavy atom. The van der Waals surface area contributed by atoms with Crippen LogP contribution in [0.15, 0.2) is 18.3 Å². The molecule has 1 N–H and O–H groups in total. The summed E-state index contributed by atoms with van der Waals surface area (Å²) < 4.78 is 37.4. The molecule has 6 heteroatoms. The van der Waals surface area contributed by atoms with Crippen LogP contribution >= 0.6 is 0 Å². The van der Waals surface area contributed by atoms with Gasteiger partial charge >= 0.3 is 6.18 Å². The first kappa shape index (κ1) is 14.1. The van der Waals surface area contributed by atoms with Gasteiger partial charge < -0.3 is 10.0 Å². The van der Waals surface area contributed by atoms with Crippen molar-refractivity contribution in [1.29, 1.82) is 0 Å². The van der Waals surface area contributed by atoms with Crippen LogP contribution in [0.3, 0.4) is 0 Å². The van der Waals surface area contributed by atoms with Gasteiger partial charge in [0, 0.05) is 25.4 Å². The molecule has 0 spiro atoms. The molecule has 3 nitrogen and oxygen atoms in total. The molecule has 2 rings (SSSR count). The lowest BCUT2D eigenvalue weighted by Gasteiger charge is -2.36. The Morgan fingerprint density at radius 1 is 1.32 bits per heavy atom. The van der Waals surface area contributed by atoms with Gasteiger partial charge in [-0.15, -0.1) is 0 Å². The molecule has 1 aromatic heterocycles. The largest absolute Gasteiger partial charge is 0.417 e. The Labute approximate surface area is 110 Å². The average Bonchev–Trinajstić information content (AvgIpc) is 2.39. The lowest BCUT2D eigenvalue weighted by Crippen LogP contribution is -2.40. The van der Waals surface area contributed by atoms with Gasteiger partial charge in [-0.3, -0.25) is 0 Å². The molecule has 1 aliphatic heterocycles. The third kappa shape index (κ3) is 3.37. The molecule has 1 aliphatic rings. The Morgan fingerprint density at radius 3 is 2.68 bits per heavy atom. The maximum atomic E-state index is 12.5. The zero-order valence-electron chi connectivity index (χ0n) is 10.5. The van der Waals surface area contributed by atoms with Crippen LogP contribution in [-0.2, 0) is 6.18 Å². The highest BCUT2D eigenvalue weighted by Gasteiger charge is 2.31. The second kappa shape index (κ2) is 5.77. The van der Waals surface area contributed by atoms with Gasteiger partial charge in [-0.05, 0) is 37.8 Å². The molecular weight excluding hydrogens is 257 g/mol. The monoisotopic (exact) mass is 274 g/mol. The number of aliphatic hydroxyl groups is 1. The molecular formula is C13H17F3N2O. The van der Waals surface area contributed by atoms with E-state index in [-0.39, 0.29) is 12.6 Å². The number of nitrogens with zero attached hydrogens (tertiary/aromatic N) is 2. The van der Waals surface area contributed by atoms with Crippen LogP contribution in [0.1, 0.15) is 31.2 Å². The average molecular weight is 274 g/mol. The van der Waals surface area contributed by atoms with Gasteiger partial charge in [0.15, 0.2) is 0 Å².